The highest BCUT2D eigenvalue weighted by Crippen LogP contribution is 2.35. The van der Waals surface area contributed by atoms with Crippen LogP contribution in [0.1, 0.15) is 24.2 Å². The standard InChI is InChI=1S/C17H19Cl2N3O/c1-2-20-11-16(23)22-9-8-21-7-3-4-15(21)17(22)12-5-6-13(18)14(19)10-12/h3-7,10,17,20H,2,8-9,11H2,1H3. The minimum Gasteiger partial charge on any atom is -0.348 e. The number of carbonyl (C=O) groups is 1. The lowest BCUT2D eigenvalue weighted by molar-refractivity contribution is -0.132. The number of carbonyl (C=O) groups excluding carboxylic acids is 1. The largest absolute Gasteiger partial charge is 0.348 e. The van der Waals surface area contributed by atoms with Gasteiger partial charge >= 0.3 is 0 Å². The van der Waals surface area contributed by atoms with Crippen molar-refractivity contribution < 1.29 is 4.79 Å². The Labute approximate surface area is 146 Å². The summed E-state index contributed by atoms with van der Waals surface area (Å²) in [5.74, 6) is 0.0929. The van der Waals surface area contributed by atoms with Gasteiger partial charge in [-0.15, -0.1) is 0 Å². The van der Waals surface area contributed by atoms with Gasteiger partial charge in [0.25, 0.3) is 0 Å². The van der Waals surface area contributed by atoms with Crippen LogP contribution in [0.25, 0.3) is 0 Å². The number of likely N-dealkylation sites (N-methyl/N-ethyl adjacent to an activating group) is 1. The lowest BCUT2D eigenvalue weighted by Crippen LogP contribution is -2.45. The Kier molecular flexibility index (Phi) is 4.95. The lowest BCUT2D eigenvalue weighted by atomic mass is 10.00. The first-order chi connectivity index (χ1) is 11.1. The Balaban J connectivity index is 1.99. The van der Waals surface area contributed by atoms with Gasteiger partial charge in [0.1, 0.15) is 0 Å². The molecule has 0 spiro atoms. The molecule has 1 unspecified atom stereocenters. The number of fused-ring (bicyclic) bond motifs is 1. The van der Waals surface area contributed by atoms with Crippen molar-refractivity contribution in [1.29, 1.82) is 0 Å². The zero-order valence-electron chi connectivity index (χ0n) is 12.9. The number of nitrogens with zero attached hydrogens (tertiary/aromatic N) is 2. The van der Waals surface area contributed by atoms with Crippen LogP contribution >= 0.6 is 23.2 Å². The van der Waals surface area contributed by atoms with Crippen molar-refractivity contribution in [3.63, 3.8) is 0 Å². The van der Waals surface area contributed by atoms with Crippen molar-refractivity contribution >= 4 is 29.1 Å². The molecule has 1 aromatic carbocycles. The molecule has 0 saturated carbocycles. The highest BCUT2D eigenvalue weighted by atomic mass is 35.5. The molecule has 122 valence electrons. The monoisotopic (exact) mass is 351 g/mol. The van der Waals surface area contributed by atoms with Gasteiger partial charge < -0.3 is 14.8 Å². The molecular weight excluding hydrogens is 333 g/mol. The van der Waals surface area contributed by atoms with Gasteiger partial charge in [-0.05, 0) is 36.4 Å². The highest BCUT2D eigenvalue weighted by Gasteiger charge is 2.32. The summed E-state index contributed by atoms with van der Waals surface area (Å²) in [6.45, 7) is 4.59. The second-order valence-electron chi connectivity index (χ2n) is 5.57. The molecule has 1 aliphatic heterocycles. The second kappa shape index (κ2) is 6.95. The summed E-state index contributed by atoms with van der Waals surface area (Å²) in [6, 6.07) is 9.51. The van der Waals surface area contributed by atoms with Gasteiger partial charge in [-0.2, -0.15) is 0 Å². The molecule has 2 heterocycles. The molecule has 4 nitrogen and oxygen atoms in total. The summed E-state index contributed by atoms with van der Waals surface area (Å²) in [4.78, 5) is 14.5. The number of hydrogen-bond acceptors (Lipinski definition) is 2. The van der Waals surface area contributed by atoms with Crippen molar-refractivity contribution in [3.8, 4) is 0 Å². The van der Waals surface area contributed by atoms with Gasteiger partial charge in [0.15, 0.2) is 0 Å². The van der Waals surface area contributed by atoms with Crippen molar-refractivity contribution in [2.24, 2.45) is 0 Å². The third-order valence-electron chi connectivity index (χ3n) is 4.14. The predicted octanol–water partition coefficient (Wildman–Crippen LogP) is 3.34. The van der Waals surface area contributed by atoms with Gasteiger partial charge in [0, 0.05) is 25.0 Å². The fourth-order valence-corrected chi connectivity index (χ4v) is 3.33. The Morgan fingerprint density at radius 2 is 2.09 bits per heavy atom. The molecule has 1 aliphatic rings. The van der Waals surface area contributed by atoms with E-state index in [9.17, 15) is 4.79 Å². The van der Waals surface area contributed by atoms with Crippen molar-refractivity contribution in [2.45, 2.75) is 19.5 Å². The number of nitrogens with one attached hydrogen (secondary N) is 1. The van der Waals surface area contributed by atoms with Crippen LogP contribution in [0.3, 0.4) is 0 Å². The quantitative estimate of drug-likeness (QED) is 0.917. The number of benzene rings is 1. The maximum absolute atomic E-state index is 12.6. The SMILES string of the molecule is CCNCC(=O)N1CCn2cccc2C1c1ccc(Cl)c(Cl)c1. The lowest BCUT2D eigenvalue weighted by Gasteiger charge is -2.37. The topological polar surface area (TPSA) is 37.3 Å². The van der Waals surface area contributed by atoms with E-state index in [-0.39, 0.29) is 11.9 Å². The van der Waals surface area contributed by atoms with Crippen LogP contribution in [0, 0.1) is 0 Å². The van der Waals surface area contributed by atoms with E-state index in [2.05, 4.69) is 16.0 Å². The first-order valence-electron chi connectivity index (χ1n) is 7.72. The minimum absolute atomic E-state index is 0.0929. The molecule has 6 heteroatoms. The normalized spacial score (nSPS) is 17.2. The number of aromatic nitrogens is 1. The summed E-state index contributed by atoms with van der Waals surface area (Å²) >= 11 is 12.2. The molecule has 3 rings (SSSR count). The molecule has 1 N–H and O–H groups in total. The van der Waals surface area contributed by atoms with E-state index in [1.807, 2.05) is 36.2 Å². The summed E-state index contributed by atoms with van der Waals surface area (Å²) in [6.07, 6.45) is 2.05. The van der Waals surface area contributed by atoms with Crippen molar-refractivity contribution in [3.05, 3.63) is 57.8 Å². The third kappa shape index (κ3) is 3.25. The molecule has 0 aliphatic carbocycles. The van der Waals surface area contributed by atoms with Gasteiger partial charge in [0.05, 0.1) is 22.6 Å². The van der Waals surface area contributed by atoms with Crippen LogP contribution in [-0.4, -0.2) is 35.0 Å². The Morgan fingerprint density at radius 3 is 2.83 bits per heavy atom. The zero-order valence-corrected chi connectivity index (χ0v) is 14.4. The first-order valence-corrected chi connectivity index (χ1v) is 8.47. The van der Waals surface area contributed by atoms with Gasteiger partial charge in [-0.1, -0.05) is 36.2 Å². The van der Waals surface area contributed by atoms with Gasteiger partial charge in [-0.3, -0.25) is 4.79 Å². The molecule has 0 saturated heterocycles. The van der Waals surface area contributed by atoms with Crippen LogP contribution < -0.4 is 5.32 Å². The number of rotatable bonds is 4. The van der Waals surface area contributed by atoms with Crippen LogP contribution in [0.5, 0.6) is 0 Å². The first kappa shape index (κ1) is 16.4. The number of halogens is 2. The number of amides is 1. The van der Waals surface area contributed by atoms with Gasteiger partial charge in [0.2, 0.25) is 5.91 Å². The second-order valence-corrected chi connectivity index (χ2v) is 6.38. The van der Waals surface area contributed by atoms with Crippen LogP contribution in [0.4, 0.5) is 0 Å². The third-order valence-corrected chi connectivity index (χ3v) is 4.88. The average molecular weight is 352 g/mol. The molecule has 1 aromatic heterocycles. The minimum atomic E-state index is -0.139. The average Bonchev–Trinajstić information content (AvgIpc) is 3.03. The number of hydrogen-bond donors (Lipinski definition) is 1. The Bertz CT molecular complexity index is 714. The molecule has 1 amide bonds. The zero-order chi connectivity index (χ0) is 16.4. The summed E-state index contributed by atoms with van der Waals surface area (Å²) < 4.78 is 2.18. The summed E-state index contributed by atoms with van der Waals surface area (Å²) in [7, 11) is 0. The van der Waals surface area contributed by atoms with E-state index in [0.29, 0.717) is 23.1 Å². The van der Waals surface area contributed by atoms with Crippen molar-refractivity contribution in [1.82, 2.24) is 14.8 Å². The van der Waals surface area contributed by atoms with Crippen LogP contribution in [-0.2, 0) is 11.3 Å². The van der Waals surface area contributed by atoms with E-state index >= 15 is 0 Å². The van der Waals surface area contributed by atoms with E-state index in [0.717, 1.165) is 24.3 Å². The molecule has 0 radical (unpaired) electrons. The van der Waals surface area contributed by atoms with E-state index in [1.165, 1.54) is 0 Å². The summed E-state index contributed by atoms with van der Waals surface area (Å²) in [5.41, 5.74) is 2.07. The molecule has 0 fully saturated rings. The van der Waals surface area contributed by atoms with Crippen molar-refractivity contribution in [2.75, 3.05) is 19.6 Å². The van der Waals surface area contributed by atoms with E-state index < -0.39 is 0 Å². The smallest absolute Gasteiger partial charge is 0.237 e. The fourth-order valence-electron chi connectivity index (χ4n) is 3.02. The maximum atomic E-state index is 12.6. The Hall–Kier alpha value is -1.49. The Morgan fingerprint density at radius 1 is 1.26 bits per heavy atom. The molecule has 23 heavy (non-hydrogen) atoms. The van der Waals surface area contributed by atoms with Crippen LogP contribution in [0.2, 0.25) is 10.0 Å². The van der Waals surface area contributed by atoms with Gasteiger partial charge in [-0.25, -0.2) is 0 Å². The highest BCUT2D eigenvalue weighted by molar-refractivity contribution is 6.42. The molecule has 0 bridgehead atoms. The summed E-state index contributed by atoms with van der Waals surface area (Å²) in [5, 5.41) is 4.14. The maximum Gasteiger partial charge on any atom is 0.237 e. The fraction of sp³-hybridized carbons (Fsp3) is 0.353. The van der Waals surface area contributed by atoms with Crippen LogP contribution in [0.15, 0.2) is 36.5 Å². The van der Waals surface area contributed by atoms with E-state index in [1.54, 1.807) is 6.07 Å². The molecule has 1 atom stereocenters. The van der Waals surface area contributed by atoms with E-state index in [4.69, 9.17) is 23.2 Å². The molecular formula is C17H19Cl2N3O. The predicted molar refractivity (Wildman–Crippen MR) is 93.0 cm³/mol. The molecule has 2 aromatic rings.